The lowest BCUT2D eigenvalue weighted by molar-refractivity contribution is -0.254. The summed E-state index contributed by atoms with van der Waals surface area (Å²) >= 11 is 0. The van der Waals surface area contributed by atoms with Crippen molar-refractivity contribution in [3.63, 3.8) is 0 Å². The molecule has 86 valence electrons. The summed E-state index contributed by atoms with van der Waals surface area (Å²) in [6.45, 7) is 2.46. The zero-order valence-electron chi connectivity index (χ0n) is 8.96. The second-order valence-electron chi connectivity index (χ2n) is 3.68. The first-order valence-corrected chi connectivity index (χ1v) is 4.93. The van der Waals surface area contributed by atoms with Crippen molar-refractivity contribution in [2.45, 2.75) is 30.3 Å². The van der Waals surface area contributed by atoms with Crippen molar-refractivity contribution in [2.24, 2.45) is 0 Å². The molecule has 2 fully saturated rings. The Morgan fingerprint density at radius 3 is 2.94 bits per heavy atom. The zero-order valence-corrected chi connectivity index (χ0v) is 8.96. The Bertz CT molecular complexity index is 316. The summed E-state index contributed by atoms with van der Waals surface area (Å²) in [6.07, 6.45) is 0.489. The van der Waals surface area contributed by atoms with Crippen LogP contribution in [0, 0.1) is 0 Å². The van der Waals surface area contributed by atoms with Gasteiger partial charge in [-0.25, -0.2) is 0 Å². The van der Waals surface area contributed by atoms with Gasteiger partial charge in [-0.3, -0.25) is 0 Å². The van der Waals surface area contributed by atoms with Crippen LogP contribution >= 0.6 is 0 Å². The topological polar surface area (TPSA) is 57.2 Å². The summed E-state index contributed by atoms with van der Waals surface area (Å²) in [4.78, 5) is 0. The van der Waals surface area contributed by atoms with Crippen LogP contribution in [0.2, 0.25) is 0 Å². The number of hydrogen-bond acceptors (Lipinski definition) is 5. The predicted molar refractivity (Wildman–Crippen MR) is 54.7 cm³/mol. The van der Waals surface area contributed by atoms with Crippen LogP contribution in [0.1, 0.15) is 0 Å². The van der Waals surface area contributed by atoms with Gasteiger partial charge in [0.15, 0.2) is 0 Å². The molecule has 2 rings (SSSR count). The standard InChI is InChI=1S/C10H13BO5/c1-3-4-10-7(15-9(13-2)16-10)6(5-12)14-8(10)11/h4,6-9,12H,1,5H2,2H3/t6-,7+,8-,9?,10?/m1/s1. The first kappa shape index (κ1) is 11.9. The largest absolute Gasteiger partial charge is 0.394 e. The minimum atomic E-state index is -0.990. The Labute approximate surface area is 95.0 Å². The van der Waals surface area contributed by atoms with Crippen LogP contribution < -0.4 is 0 Å². The second-order valence-corrected chi connectivity index (χ2v) is 3.68. The quantitative estimate of drug-likeness (QED) is 0.507. The molecule has 5 nitrogen and oxygen atoms in total. The molecule has 0 aromatic carbocycles. The molecule has 2 saturated heterocycles. The van der Waals surface area contributed by atoms with Gasteiger partial charge in [-0.2, -0.15) is 0 Å². The van der Waals surface area contributed by atoms with Crippen LogP contribution in [0.4, 0.5) is 0 Å². The van der Waals surface area contributed by atoms with Gasteiger partial charge in [0.1, 0.15) is 25.7 Å². The summed E-state index contributed by atoms with van der Waals surface area (Å²) in [6, 6.07) is -0.746. The van der Waals surface area contributed by atoms with Gasteiger partial charge in [-0.1, -0.05) is 6.58 Å². The van der Waals surface area contributed by atoms with E-state index in [9.17, 15) is 0 Å². The zero-order chi connectivity index (χ0) is 11.8. The summed E-state index contributed by atoms with van der Waals surface area (Å²) in [5.74, 6) is 0. The fourth-order valence-electron chi connectivity index (χ4n) is 2.06. The lowest BCUT2D eigenvalue weighted by Gasteiger charge is -2.25. The molecule has 0 bridgehead atoms. The molecule has 0 aromatic heterocycles. The second kappa shape index (κ2) is 4.33. The lowest BCUT2D eigenvalue weighted by Crippen LogP contribution is -2.45. The van der Waals surface area contributed by atoms with Gasteiger partial charge in [0.25, 0.3) is 6.48 Å². The molecular weight excluding hydrogens is 211 g/mol. The molecule has 0 saturated carbocycles. The highest BCUT2D eigenvalue weighted by Crippen LogP contribution is 2.42. The normalized spacial score (nSPS) is 46.4. The molecular formula is C10H13BO5. The van der Waals surface area contributed by atoms with Gasteiger partial charge in [0, 0.05) is 7.11 Å². The molecule has 2 unspecified atom stereocenters. The number of rotatable bonds is 3. The molecule has 0 aliphatic carbocycles. The van der Waals surface area contributed by atoms with E-state index in [1.54, 1.807) is 6.08 Å². The van der Waals surface area contributed by atoms with E-state index < -0.39 is 30.3 Å². The number of hydrogen-bond donors (Lipinski definition) is 1. The average Bonchev–Trinajstić information content (AvgIpc) is 2.76. The van der Waals surface area contributed by atoms with Crippen LogP contribution in [0.5, 0.6) is 0 Å². The third-order valence-electron chi connectivity index (χ3n) is 2.81. The number of fused-ring (bicyclic) bond motifs is 1. The van der Waals surface area contributed by atoms with E-state index in [-0.39, 0.29) is 6.61 Å². The summed E-state index contributed by atoms with van der Waals surface area (Å²) in [7, 11) is 7.29. The maximum Gasteiger partial charge on any atom is 0.272 e. The molecule has 2 aliphatic heterocycles. The highest BCUT2D eigenvalue weighted by molar-refractivity contribution is 6.12. The van der Waals surface area contributed by atoms with Gasteiger partial charge in [-0.05, 0) is 6.08 Å². The highest BCUT2D eigenvalue weighted by atomic mass is 16.9. The van der Waals surface area contributed by atoms with Crippen molar-refractivity contribution in [1.82, 2.24) is 0 Å². The Balaban J connectivity index is 2.31. The van der Waals surface area contributed by atoms with E-state index in [1.807, 2.05) is 0 Å². The van der Waals surface area contributed by atoms with Crippen LogP contribution in [-0.2, 0) is 18.9 Å². The van der Waals surface area contributed by atoms with Crippen LogP contribution in [0.25, 0.3) is 0 Å². The number of methoxy groups -OCH3 is 1. The first-order chi connectivity index (χ1) is 7.67. The highest BCUT2D eigenvalue weighted by Gasteiger charge is 2.61. The third kappa shape index (κ3) is 1.55. The Morgan fingerprint density at radius 1 is 1.62 bits per heavy atom. The molecule has 0 aromatic rings. The average molecular weight is 224 g/mol. The minimum Gasteiger partial charge on any atom is -0.394 e. The molecule has 0 spiro atoms. The minimum absolute atomic E-state index is 0.203. The van der Waals surface area contributed by atoms with Gasteiger partial charge >= 0.3 is 0 Å². The molecule has 1 N–H and O–H groups in total. The van der Waals surface area contributed by atoms with Crippen molar-refractivity contribution in [3.05, 3.63) is 18.4 Å². The molecule has 16 heavy (non-hydrogen) atoms. The monoisotopic (exact) mass is 224 g/mol. The first-order valence-electron chi connectivity index (χ1n) is 4.93. The van der Waals surface area contributed by atoms with Crippen molar-refractivity contribution < 1.29 is 24.1 Å². The Hall–Kier alpha value is -0.615. The molecule has 2 heterocycles. The molecule has 2 aliphatic rings. The van der Waals surface area contributed by atoms with Crippen molar-refractivity contribution in [2.75, 3.05) is 13.7 Å². The van der Waals surface area contributed by atoms with Gasteiger partial charge in [-0.15, -0.1) is 5.73 Å². The maximum absolute atomic E-state index is 9.17. The maximum atomic E-state index is 9.17. The van der Waals surface area contributed by atoms with Crippen molar-refractivity contribution in [3.8, 4) is 0 Å². The SMILES string of the molecule is [B][C@@H]1O[C@H](CO)[C@@H]2OC(OC)OC12C=C=C. The number of aliphatic hydroxyl groups excluding tert-OH is 1. The van der Waals surface area contributed by atoms with Gasteiger partial charge in [0.2, 0.25) is 0 Å². The van der Waals surface area contributed by atoms with E-state index in [0.29, 0.717) is 0 Å². The fraction of sp³-hybridized carbons (Fsp3) is 0.700. The van der Waals surface area contributed by atoms with E-state index >= 15 is 0 Å². The smallest absolute Gasteiger partial charge is 0.272 e. The molecule has 6 heteroatoms. The van der Waals surface area contributed by atoms with Crippen LogP contribution in [0.15, 0.2) is 18.4 Å². The van der Waals surface area contributed by atoms with Crippen molar-refractivity contribution >= 4 is 7.85 Å². The fourth-order valence-corrected chi connectivity index (χ4v) is 2.06. The lowest BCUT2D eigenvalue weighted by atomic mass is 9.80. The number of ether oxygens (including phenoxy) is 4. The molecule has 0 amide bonds. The third-order valence-corrected chi connectivity index (χ3v) is 2.81. The number of aliphatic hydroxyl groups is 1. The predicted octanol–water partition coefficient (Wildman–Crippen LogP) is -0.703. The van der Waals surface area contributed by atoms with E-state index in [1.165, 1.54) is 7.11 Å². The van der Waals surface area contributed by atoms with Gasteiger partial charge in [0.05, 0.1) is 12.6 Å². The van der Waals surface area contributed by atoms with E-state index in [2.05, 4.69) is 12.3 Å². The van der Waals surface area contributed by atoms with E-state index in [4.69, 9.17) is 31.9 Å². The van der Waals surface area contributed by atoms with E-state index in [0.717, 1.165) is 0 Å². The summed E-state index contributed by atoms with van der Waals surface area (Å²) in [5, 5.41) is 9.17. The molecule has 2 radical (unpaired) electrons. The van der Waals surface area contributed by atoms with Crippen molar-refractivity contribution in [1.29, 1.82) is 0 Å². The van der Waals surface area contributed by atoms with Crippen LogP contribution in [0.3, 0.4) is 0 Å². The van der Waals surface area contributed by atoms with Gasteiger partial charge < -0.3 is 24.1 Å². The summed E-state index contributed by atoms with van der Waals surface area (Å²) < 4.78 is 21.3. The molecule has 5 atom stereocenters. The Kier molecular flexibility index (Phi) is 3.21. The van der Waals surface area contributed by atoms with Crippen LogP contribution in [-0.4, -0.2) is 57.0 Å². The summed E-state index contributed by atoms with van der Waals surface area (Å²) in [5.41, 5.74) is 1.62. The Morgan fingerprint density at radius 2 is 2.38 bits per heavy atom.